The second kappa shape index (κ2) is 64.9. The molecule has 0 aliphatic carbocycles. The van der Waals surface area contributed by atoms with E-state index < -0.39 is 20.0 Å². The molecule has 9 heteroatoms. The molecule has 0 aromatic carbocycles. The fraction of sp³-hybridized carbons (Fsp3) is 0.878. The van der Waals surface area contributed by atoms with Gasteiger partial charge in [0.05, 0.1) is 39.9 Å². The monoisotopic (exact) mass is 1190 g/mol. The van der Waals surface area contributed by atoms with E-state index in [0.29, 0.717) is 17.4 Å². The van der Waals surface area contributed by atoms with E-state index in [9.17, 15) is 19.4 Å². The highest BCUT2D eigenvalue weighted by Gasteiger charge is 2.28. The van der Waals surface area contributed by atoms with Crippen LogP contribution in [-0.4, -0.2) is 73.4 Å². The lowest BCUT2D eigenvalue weighted by molar-refractivity contribution is -0.870. The second-order valence-corrected chi connectivity index (χ2v) is 27.8. The highest BCUT2D eigenvalue weighted by Crippen LogP contribution is 2.43. The van der Waals surface area contributed by atoms with Gasteiger partial charge in [-0.05, 0) is 57.8 Å². The quantitative estimate of drug-likeness (QED) is 0.0243. The zero-order chi connectivity index (χ0) is 60.5. The molecular formula is C74H144N2O6P+. The Labute approximate surface area is 518 Å². The van der Waals surface area contributed by atoms with E-state index in [4.69, 9.17) is 9.05 Å². The average molecular weight is 1190 g/mol. The average Bonchev–Trinajstić information content (AvgIpc) is 3.49. The SMILES string of the molecule is CCCCCCC/C=C\C/C=C\C/C=C\CCCCCCCCCCCCCCCCCCCCCCC(=O)NC(COP(=O)(O)OCC[N+](C)(C)C)C(O)/C=C/CCCCCCCCCCCCCCCCCCCCCCCCCC. The van der Waals surface area contributed by atoms with Crippen LogP contribution in [0.4, 0.5) is 0 Å². The van der Waals surface area contributed by atoms with Crippen molar-refractivity contribution >= 4 is 13.7 Å². The van der Waals surface area contributed by atoms with Gasteiger partial charge in [-0.2, -0.15) is 0 Å². The van der Waals surface area contributed by atoms with Crippen molar-refractivity contribution in [3.05, 3.63) is 48.6 Å². The maximum Gasteiger partial charge on any atom is 0.472 e. The van der Waals surface area contributed by atoms with Crippen molar-refractivity contribution in [2.24, 2.45) is 0 Å². The van der Waals surface area contributed by atoms with Crippen molar-refractivity contribution in [1.82, 2.24) is 5.32 Å². The number of aliphatic hydroxyl groups is 1. The van der Waals surface area contributed by atoms with Crippen LogP contribution in [0, 0.1) is 0 Å². The van der Waals surface area contributed by atoms with Crippen molar-refractivity contribution in [1.29, 1.82) is 0 Å². The number of rotatable bonds is 68. The summed E-state index contributed by atoms with van der Waals surface area (Å²) in [5, 5.41) is 14.0. The summed E-state index contributed by atoms with van der Waals surface area (Å²) >= 11 is 0. The fourth-order valence-electron chi connectivity index (χ4n) is 11.1. The van der Waals surface area contributed by atoms with Gasteiger partial charge in [0.25, 0.3) is 0 Å². The van der Waals surface area contributed by atoms with E-state index >= 15 is 0 Å². The minimum atomic E-state index is -4.35. The van der Waals surface area contributed by atoms with Gasteiger partial charge < -0.3 is 19.8 Å². The van der Waals surface area contributed by atoms with Crippen LogP contribution in [0.1, 0.15) is 367 Å². The standard InChI is InChI=1S/C74H143N2O6P/c1-6-8-10-12-14-16-18-20-22-24-26-28-30-32-34-35-36-37-38-39-40-41-42-44-46-48-50-52-54-56-58-60-62-64-66-68-74(78)75-72(71-82-83(79,80)81-70-69-76(3,4)5)73(77)67-65-63-61-59-57-55-53-51-49-47-45-43-33-31-29-27-25-23-21-19-17-15-13-11-9-7-2/h18,20,24,26,30,32,65,67,72-73,77H,6-17,19,21-23,25,27-29,31,33-64,66,68-71H2,1-5H3,(H-,75,78,79,80)/p+1/b20-18-,26-24-,32-30-,67-65+. The van der Waals surface area contributed by atoms with E-state index in [1.165, 1.54) is 302 Å². The number of phosphoric ester groups is 1. The van der Waals surface area contributed by atoms with E-state index in [1.807, 2.05) is 27.2 Å². The van der Waals surface area contributed by atoms with Gasteiger partial charge in [0.15, 0.2) is 0 Å². The molecule has 0 fully saturated rings. The number of aliphatic hydroxyl groups excluding tert-OH is 1. The Kier molecular flexibility index (Phi) is 63.7. The van der Waals surface area contributed by atoms with Crippen LogP contribution < -0.4 is 5.32 Å². The number of carbonyl (C=O) groups is 1. The van der Waals surface area contributed by atoms with E-state index in [-0.39, 0.29) is 19.1 Å². The number of hydrogen-bond acceptors (Lipinski definition) is 5. The summed E-state index contributed by atoms with van der Waals surface area (Å²) in [7, 11) is 1.59. The van der Waals surface area contributed by atoms with Crippen molar-refractivity contribution in [2.45, 2.75) is 379 Å². The molecule has 0 saturated heterocycles. The molecule has 0 rings (SSSR count). The fourth-order valence-corrected chi connectivity index (χ4v) is 11.8. The van der Waals surface area contributed by atoms with Crippen LogP contribution in [0.3, 0.4) is 0 Å². The molecule has 8 nitrogen and oxygen atoms in total. The minimum absolute atomic E-state index is 0.0630. The van der Waals surface area contributed by atoms with Crippen LogP contribution in [0.15, 0.2) is 48.6 Å². The summed E-state index contributed by atoms with van der Waals surface area (Å²) in [4.78, 5) is 23.4. The number of amides is 1. The lowest BCUT2D eigenvalue weighted by Gasteiger charge is -2.25. The molecule has 0 spiro atoms. The van der Waals surface area contributed by atoms with Gasteiger partial charge in [-0.1, -0.05) is 351 Å². The molecular weight excluding hydrogens is 1040 g/mol. The third kappa shape index (κ3) is 67.8. The predicted molar refractivity (Wildman–Crippen MR) is 364 cm³/mol. The number of nitrogens with one attached hydrogen (secondary N) is 1. The van der Waals surface area contributed by atoms with Crippen LogP contribution >= 0.6 is 7.82 Å². The van der Waals surface area contributed by atoms with E-state index in [0.717, 1.165) is 44.9 Å². The van der Waals surface area contributed by atoms with Crippen molar-refractivity contribution < 1.29 is 32.9 Å². The van der Waals surface area contributed by atoms with Gasteiger partial charge >= 0.3 is 7.82 Å². The molecule has 0 radical (unpaired) electrons. The predicted octanol–water partition coefficient (Wildman–Crippen LogP) is 23.4. The summed E-state index contributed by atoms with van der Waals surface area (Å²) in [6.45, 7) is 4.86. The van der Waals surface area contributed by atoms with Crippen LogP contribution in [0.5, 0.6) is 0 Å². The molecule has 0 aromatic rings. The third-order valence-corrected chi connectivity index (χ3v) is 17.8. The molecule has 3 N–H and O–H groups in total. The maximum atomic E-state index is 13.1. The summed E-state index contributed by atoms with van der Waals surface area (Å²) in [5.41, 5.74) is 0. The topological polar surface area (TPSA) is 105 Å². The van der Waals surface area contributed by atoms with Gasteiger partial charge in [-0.25, -0.2) is 4.57 Å². The van der Waals surface area contributed by atoms with E-state index in [1.54, 1.807) is 6.08 Å². The highest BCUT2D eigenvalue weighted by atomic mass is 31.2. The Morgan fingerprint density at radius 3 is 1.00 bits per heavy atom. The third-order valence-electron chi connectivity index (χ3n) is 16.8. The van der Waals surface area contributed by atoms with Crippen molar-refractivity contribution in [3.63, 3.8) is 0 Å². The number of nitrogens with zero attached hydrogens (tertiary/aromatic N) is 1. The number of phosphoric acid groups is 1. The van der Waals surface area contributed by atoms with Crippen LogP contribution in [0.25, 0.3) is 0 Å². The first-order valence-corrected chi connectivity index (χ1v) is 38.0. The lowest BCUT2D eigenvalue weighted by Crippen LogP contribution is -2.45. The molecule has 1 amide bonds. The summed E-state index contributed by atoms with van der Waals surface area (Å²) in [5.74, 6) is -0.170. The Hall–Kier alpha value is -1.54. The van der Waals surface area contributed by atoms with Gasteiger partial charge in [0, 0.05) is 6.42 Å². The first-order chi connectivity index (χ1) is 40.5. The van der Waals surface area contributed by atoms with Gasteiger partial charge in [0.1, 0.15) is 13.2 Å². The molecule has 83 heavy (non-hydrogen) atoms. The summed E-state index contributed by atoms with van der Waals surface area (Å²) in [6, 6.07) is -0.848. The summed E-state index contributed by atoms with van der Waals surface area (Å²) in [6.07, 6.45) is 88.4. The lowest BCUT2D eigenvalue weighted by atomic mass is 10.0. The molecule has 0 aliphatic heterocycles. The van der Waals surface area contributed by atoms with Crippen LogP contribution in [0.2, 0.25) is 0 Å². The first-order valence-electron chi connectivity index (χ1n) is 36.5. The number of unbranched alkanes of at least 4 members (excludes halogenated alkanes) is 49. The maximum absolute atomic E-state index is 13.1. The number of allylic oxidation sites excluding steroid dienone is 7. The van der Waals surface area contributed by atoms with Gasteiger partial charge in [-0.15, -0.1) is 0 Å². The smallest absolute Gasteiger partial charge is 0.387 e. The number of likely N-dealkylation sites (N-methyl/N-ethyl adjacent to an activating group) is 1. The number of hydrogen-bond donors (Lipinski definition) is 3. The molecule has 0 bridgehead atoms. The second-order valence-electron chi connectivity index (χ2n) is 26.3. The normalized spacial score (nSPS) is 13.9. The Morgan fingerprint density at radius 1 is 0.410 bits per heavy atom. The zero-order valence-corrected chi connectivity index (χ0v) is 57.1. The largest absolute Gasteiger partial charge is 0.472 e. The van der Waals surface area contributed by atoms with Crippen molar-refractivity contribution in [2.75, 3.05) is 40.9 Å². The Bertz CT molecular complexity index is 1490. The van der Waals surface area contributed by atoms with Crippen molar-refractivity contribution in [3.8, 4) is 0 Å². The Balaban J connectivity index is 4.01. The van der Waals surface area contributed by atoms with Gasteiger partial charge in [-0.3, -0.25) is 13.8 Å². The molecule has 0 aromatic heterocycles. The first kappa shape index (κ1) is 81.5. The van der Waals surface area contributed by atoms with Gasteiger partial charge in [0.2, 0.25) is 5.91 Å². The number of quaternary nitrogens is 1. The highest BCUT2D eigenvalue weighted by molar-refractivity contribution is 7.47. The molecule has 0 heterocycles. The molecule has 3 unspecified atom stereocenters. The molecule has 0 saturated carbocycles. The molecule has 490 valence electrons. The minimum Gasteiger partial charge on any atom is -0.387 e. The molecule has 3 atom stereocenters. The van der Waals surface area contributed by atoms with E-state index in [2.05, 4.69) is 55.6 Å². The zero-order valence-electron chi connectivity index (χ0n) is 56.2. The number of carbonyl (C=O) groups excluding carboxylic acids is 1. The van der Waals surface area contributed by atoms with Crippen LogP contribution in [-0.2, 0) is 18.4 Å². The molecule has 0 aliphatic rings. The Morgan fingerprint density at radius 2 is 0.687 bits per heavy atom. The summed E-state index contributed by atoms with van der Waals surface area (Å²) < 4.78 is 23.8.